The van der Waals surface area contributed by atoms with Crippen LogP contribution in [0.15, 0.2) is 28.7 Å². The Hall–Kier alpha value is -0.710. The second-order valence-electron chi connectivity index (χ2n) is 4.22. The van der Waals surface area contributed by atoms with Crippen LogP contribution in [0.3, 0.4) is 0 Å². The molecule has 0 fully saturated rings. The molecule has 1 heterocycles. The van der Waals surface area contributed by atoms with E-state index in [9.17, 15) is 0 Å². The lowest BCUT2D eigenvalue weighted by Gasteiger charge is -2.01. The number of aryl methyl sites for hydroxylation is 1. The molecule has 0 saturated heterocycles. The summed E-state index contributed by atoms with van der Waals surface area (Å²) in [5, 5.41) is 1.07. The van der Waals surface area contributed by atoms with Crippen LogP contribution >= 0.6 is 27.3 Å². The number of hydrogen-bond acceptors (Lipinski definition) is 3. The molecule has 2 rings (SSSR count). The van der Waals surface area contributed by atoms with E-state index in [0.717, 1.165) is 27.2 Å². The van der Waals surface area contributed by atoms with Crippen LogP contribution in [0.4, 0.5) is 0 Å². The molecule has 0 spiro atoms. The molecule has 0 amide bonds. The fourth-order valence-corrected chi connectivity index (χ4v) is 3.25. The lowest BCUT2D eigenvalue weighted by atomic mass is 10.2. The molecule has 2 N–H and O–H groups in total. The minimum absolute atomic E-state index is 0.185. The Morgan fingerprint density at radius 1 is 1.47 bits per heavy atom. The quantitative estimate of drug-likeness (QED) is 0.937. The van der Waals surface area contributed by atoms with E-state index in [1.54, 1.807) is 11.3 Å². The topological polar surface area (TPSA) is 38.9 Å². The Kier molecular flexibility index (Phi) is 3.97. The third-order valence-electron chi connectivity index (χ3n) is 2.47. The number of halogens is 1. The van der Waals surface area contributed by atoms with E-state index < -0.39 is 0 Å². The maximum Gasteiger partial charge on any atom is 0.123 e. The van der Waals surface area contributed by atoms with Gasteiger partial charge in [0.25, 0.3) is 0 Å². The van der Waals surface area contributed by atoms with Gasteiger partial charge in [-0.1, -0.05) is 28.1 Å². The molecule has 0 aliphatic heterocycles. The summed E-state index contributed by atoms with van der Waals surface area (Å²) in [6.45, 7) is 4.08. The van der Waals surface area contributed by atoms with Gasteiger partial charge in [0.15, 0.2) is 0 Å². The highest BCUT2D eigenvalue weighted by Gasteiger charge is 2.10. The first-order valence-electron chi connectivity index (χ1n) is 5.54. The lowest BCUT2D eigenvalue weighted by Crippen LogP contribution is -2.17. The number of benzene rings is 1. The minimum atomic E-state index is 0.185. The van der Waals surface area contributed by atoms with Gasteiger partial charge in [0.2, 0.25) is 0 Å². The third-order valence-corrected chi connectivity index (χ3v) is 4.19. The smallest absolute Gasteiger partial charge is 0.123 e. The summed E-state index contributed by atoms with van der Waals surface area (Å²) >= 11 is 5.22. The van der Waals surface area contributed by atoms with Gasteiger partial charge in [-0.15, -0.1) is 11.3 Å². The molecule has 0 saturated carbocycles. The summed E-state index contributed by atoms with van der Waals surface area (Å²) < 4.78 is 1.08. The van der Waals surface area contributed by atoms with E-state index in [-0.39, 0.29) is 6.04 Å². The first-order valence-corrected chi connectivity index (χ1v) is 7.15. The maximum atomic E-state index is 5.84. The Bertz CT molecular complexity index is 520. The fraction of sp³-hybridized carbons (Fsp3) is 0.308. The van der Waals surface area contributed by atoms with Crippen molar-refractivity contribution in [1.29, 1.82) is 0 Å². The molecule has 0 aliphatic carbocycles. The van der Waals surface area contributed by atoms with Crippen molar-refractivity contribution in [2.24, 2.45) is 5.73 Å². The van der Waals surface area contributed by atoms with Gasteiger partial charge in [-0.25, -0.2) is 4.98 Å². The Balaban J connectivity index is 2.34. The molecular weight excluding hydrogens is 296 g/mol. The summed E-state index contributed by atoms with van der Waals surface area (Å²) in [7, 11) is 0. The molecule has 1 aromatic heterocycles. The summed E-state index contributed by atoms with van der Waals surface area (Å²) in [5.74, 6) is 0. The van der Waals surface area contributed by atoms with Gasteiger partial charge >= 0.3 is 0 Å². The number of aromatic nitrogens is 1. The molecule has 0 aliphatic rings. The van der Waals surface area contributed by atoms with Gasteiger partial charge in [0, 0.05) is 21.0 Å². The van der Waals surface area contributed by atoms with Gasteiger partial charge in [-0.05, 0) is 32.4 Å². The fourth-order valence-electron chi connectivity index (χ4n) is 1.65. The highest BCUT2D eigenvalue weighted by molar-refractivity contribution is 9.10. The van der Waals surface area contributed by atoms with Crippen molar-refractivity contribution in [3.8, 4) is 10.6 Å². The van der Waals surface area contributed by atoms with Crippen LogP contribution in [0.25, 0.3) is 10.6 Å². The van der Waals surface area contributed by atoms with Crippen molar-refractivity contribution in [2.45, 2.75) is 26.3 Å². The van der Waals surface area contributed by atoms with Crippen LogP contribution in [-0.2, 0) is 6.42 Å². The zero-order chi connectivity index (χ0) is 12.4. The SMILES string of the molecule is Cc1nc(-c2cccc(Br)c2)sc1CC(C)N. The van der Waals surface area contributed by atoms with Gasteiger partial charge in [0.1, 0.15) is 5.01 Å². The Labute approximate surface area is 114 Å². The average Bonchev–Trinajstić information content (AvgIpc) is 2.59. The summed E-state index contributed by atoms with van der Waals surface area (Å²) in [6, 6.07) is 8.41. The van der Waals surface area contributed by atoms with Crippen molar-refractivity contribution in [3.63, 3.8) is 0 Å². The number of thiazole rings is 1. The standard InChI is InChI=1S/C13H15BrN2S/c1-8(15)6-12-9(2)16-13(17-12)10-4-3-5-11(14)7-10/h3-5,7-8H,6,15H2,1-2H3. The van der Waals surface area contributed by atoms with E-state index >= 15 is 0 Å². The van der Waals surface area contributed by atoms with Crippen molar-refractivity contribution in [3.05, 3.63) is 39.3 Å². The zero-order valence-electron chi connectivity index (χ0n) is 9.90. The second-order valence-corrected chi connectivity index (χ2v) is 6.22. The van der Waals surface area contributed by atoms with Gasteiger partial charge in [-0.3, -0.25) is 0 Å². The van der Waals surface area contributed by atoms with Crippen molar-refractivity contribution in [2.75, 3.05) is 0 Å². The molecule has 1 atom stereocenters. The van der Waals surface area contributed by atoms with E-state index in [2.05, 4.69) is 40.0 Å². The highest BCUT2D eigenvalue weighted by atomic mass is 79.9. The van der Waals surface area contributed by atoms with Crippen LogP contribution < -0.4 is 5.73 Å². The van der Waals surface area contributed by atoms with Crippen LogP contribution in [0, 0.1) is 6.92 Å². The van der Waals surface area contributed by atoms with E-state index in [1.807, 2.05) is 19.1 Å². The normalized spacial score (nSPS) is 12.7. The van der Waals surface area contributed by atoms with Crippen molar-refractivity contribution < 1.29 is 0 Å². The lowest BCUT2D eigenvalue weighted by molar-refractivity contribution is 0.742. The van der Waals surface area contributed by atoms with Gasteiger partial charge in [-0.2, -0.15) is 0 Å². The molecule has 0 radical (unpaired) electrons. The molecule has 1 aromatic carbocycles. The van der Waals surface area contributed by atoms with Gasteiger partial charge < -0.3 is 5.73 Å². The van der Waals surface area contributed by atoms with Crippen molar-refractivity contribution >= 4 is 27.3 Å². The third kappa shape index (κ3) is 3.15. The number of nitrogens with zero attached hydrogens (tertiary/aromatic N) is 1. The summed E-state index contributed by atoms with van der Waals surface area (Å²) in [4.78, 5) is 5.90. The summed E-state index contributed by atoms with van der Waals surface area (Å²) in [6.07, 6.45) is 0.900. The number of nitrogens with two attached hydrogens (primary N) is 1. The molecule has 4 heteroatoms. The van der Waals surface area contributed by atoms with Crippen LogP contribution in [0.1, 0.15) is 17.5 Å². The van der Waals surface area contributed by atoms with E-state index in [1.165, 1.54) is 4.88 Å². The molecule has 2 aromatic rings. The van der Waals surface area contributed by atoms with E-state index in [4.69, 9.17) is 5.73 Å². The number of hydrogen-bond donors (Lipinski definition) is 1. The predicted molar refractivity (Wildman–Crippen MR) is 77.3 cm³/mol. The molecule has 1 unspecified atom stereocenters. The predicted octanol–water partition coefficient (Wildman–Crippen LogP) is 3.77. The Morgan fingerprint density at radius 3 is 2.88 bits per heavy atom. The average molecular weight is 311 g/mol. The maximum absolute atomic E-state index is 5.84. The summed E-state index contributed by atoms with van der Waals surface area (Å²) in [5.41, 5.74) is 8.09. The molecule has 90 valence electrons. The molecule has 17 heavy (non-hydrogen) atoms. The zero-order valence-corrected chi connectivity index (χ0v) is 12.3. The first-order chi connectivity index (χ1) is 8.06. The molecule has 2 nitrogen and oxygen atoms in total. The highest BCUT2D eigenvalue weighted by Crippen LogP contribution is 2.30. The number of rotatable bonds is 3. The molecular formula is C13H15BrN2S. The molecule has 0 bridgehead atoms. The van der Waals surface area contributed by atoms with Crippen molar-refractivity contribution in [1.82, 2.24) is 4.98 Å². The van der Waals surface area contributed by atoms with Crippen LogP contribution in [0.2, 0.25) is 0 Å². The minimum Gasteiger partial charge on any atom is -0.328 e. The second kappa shape index (κ2) is 5.29. The van der Waals surface area contributed by atoms with Crippen LogP contribution in [0.5, 0.6) is 0 Å². The van der Waals surface area contributed by atoms with E-state index in [0.29, 0.717) is 0 Å². The Morgan fingerprint density at radius 2 is 2.24 bits per heavy atom. The van der Waals surface area contributed by atoms with Crippen LogP contribution in [-0.4, -0.2) is 11.0 Å². The van der Waals surface area contributed by atoms with Gasteiger partial charge in [0.05, 0.1) is 5.69 Å². The largest absolute Gasteiger partial charge is 0.328 e. The monoisotopic (exact) mass is 310 g/mol. The first kappa shape index (κ1) is 12.7.